The Morgan fingerprint density at radius 1 is 1.38 bits per heavy atom. The Morgan fingerprint density at radius 3 is 2.46 bits per heavy atom. The topological polar surface area (TPSA) is 29.4 Å². The SMILES string of the molecule is CC(C)(C)[S@](=O)/N=C/CCCCCl. The molecule has 0 fully saturated rings. The monoisotopic (exact) mass is 223 g/mol. The second-order valence-corrected chi connectivity index (χ2v) is 6.15. The molecule has 0 aromatic carbocycles. The van der Waals surface area contributed by atoms with Crippen LogP contribution in [0.5, 0.6) is 0 Å². The molecule has 4 heteroatoms. The van der Waals surface area contributed by atoms with E-state index in [4.69, 9.17) is 11.6 Å². The van der Waals surface area contributed by atoms with Gasteiger partial charge in [-0.25, -0.2) is 4.21 Å². The van der Waals surface area contributed by atoms with Crippen LogP contribution in [0.3, 0.4) is 0 Å². The molecule has 0 amide bonds. The van der Waals surface area contributed by atoms with E-state index in [-0.39, 0.29) is 4.75 Å². The van der Waals surface area contributed by atoms with Gasteiger partial charge in [0.05, 0.1) is 4.75 Å². The maximum absolute atomic E-state index is 11.4. The van der Waals surface area contributed by atoms with Gasteiger partial charge in [0, 0.05) is 12.1 Å². The number of rotatable bonds is 5. The van der Waals surface area contributed by atoms with Crippen molar-refractivity contribution >= 4 is 28.8 Å². The second-order valence-electron chi connectivity index (χ2n) is 3.83. The fraction of sp³-hybridized carbons (Fsp3) is 0.889. The van der Waals surface area contributed by atoms with Crippen molar-refractivity contribution in [2.24, 2.45) is 4.40 Å². The Hall–Kier alpha value is 0.110. The Kier molecular flexibility index (Phi) is 6.60. The third-order valence-corrected chi connectivity index (χ3v) is 3.07. The van der Waals surface area contributed by atoms with E-state index in [1.807, 2.05) is 20.8 Å². The lowest BCUT2D eigenvalue weighted by Crippen LogP contribution is -2.19. The number of hydrogen-bond donors (Lipinski definition) is 0. The van der Waals surface area contributed by atoms with E-state index in [1.165, 1.54) is 0 Å². The summed E-state index contributed by atoms with van der Waals surface area (Å²) in [5, 5.41) is 0. The molecule has 13 heavy (non-hydrogen) atoms. The summed E-state index contributed by atoms with van der Waals surface area (Å²) in [6.45, 7) is 5.75. The fourth-order valence-corrected chi connectivity index (χ4v) is 1.35. The molecule has 0 bridgehead atoms. The fourth-order valence-electron chi connectivity index (χ4n) is 0.609. The molecular formula is C9H18ClNOS. The molecule has 0 aliphatic rings. The maximum atomic E-state index is 11.4. The predicted molar refractivity (Wildman–Crippen MR) is 61.0 cm³/mol. The first kappa shape index (κ1) is 13.1. The zero-order valence-corrected chi connectivity index (χ0v) is 10.1. The molecule has 0 aromatic heterocycles. The van der Waals surface area contributed by atoms with Gasteiger partial charge in [0.2, 0.25) is 0 Å². The van der Waals surface area contributed by atoms with Crippen molar-refractivity contribution in [2.75, 3.05) is 5.88 Å². The van der Waals surface area contributed by atoms with Crippen molar-refractivity contribution in [3.8, 4) is 0 Å². The van der Waals surface area contributed by atoms with Gasteiger partial charge in [-0.15, -0.1) is 11.6 Å². The van der Waals surface area contributed by atoms with Gasteiger partial charge in [0.1, 0.15) is 11.0 Å². The lowest BCUT2D eigenvalue weighted by atomic mass is 10.3. The first-order valence-corrected chi connectivity index (χ1v) is 6.13. The molecule has 78 valence electrons. The van der Waals surface area contributed by atoms with Crippen molar-refractivity contribution in [3.05, 3.63) is 0 Å². The zero-order valence-electron chi connectivity index (χ0n) is 8.55. The van der Waals surface area contributed by atoms with Crippen molar-refractivity contribution < 1.29 is 4.21 Å². The summed E-state index contributed by atoms with van der Waals surface area (Å²) in [6.07, 6.45) is 4.63. The number of hydrogen-bond acceptors (Lipinski definition) is 1. The van der Waals surface area contributed by atoms with Gasteiger partial charge in [0.15, 0.2) is 0 Å². The van der Waals surface area contributed by atoms with Gasteiger partial charge < -0.3 is 0 Å². The summed E-state index contributed by atoms with van der Waals surface area (Å²) < 4.78 is 15.1. The molecule has 0 heterocycles. The first-order valence-electron chi connectivity index (χ1n) is 4.49. The minimum atomic E-state index is -1.11. The Morgan fingerprint density at radius 2 is 2.00 bits per heavy atom. The van der Waals surface area contributed by atoms with Gasteiger partial charge in [-0.05, 0) is 40.0 Å². The van der Waals surface area contributed by atoms with Crippen LogP contribution in [0, 0.1) is 0 Å². The Balaban J connectivity index is 3.67. The van der Waals surface area contributed by atoms with E-state index >= 15 is 0 Å². The number of nitrogens with zero attached hydrogens (tertiary/aromatic N) is 1. The van der Waals surface area contributed by atoms with Crippen LogP contribution in [0.2, 0.25) is 0 Å². The summed E-state index contributed by atoms with van der Waals surface area (Å²) in [5.41, 5.74) is 0. The van der Waals surface area contributed by atoms with Crippen LogP contribution in [-0.4, -0.2) is 21.1 Å². The molecule has 0 aliphatic carbocycles. The molecule has 0 N–H and O–H groups in total. The molecular weight excluding hydrogens is 206 g/mol. The van der Waals surface area contributed by atoms with Crippen LogP contribution < -0.4 is 0 Å². The molecule has 0 rings (SSSR count). The lowest BCUT2D eigenvalue weighted by molar-refractivity contribution is 0.650. The van der Waals surface area contributed by atoms with Crippen LogP contribution in [0.4, 0.5) is 0 Å². The van der Waals surface area contributed by atoms with E-state index in [1.54, 1.807) is 6.21 Å². The van der Waals surface area contributed by atoms with E-state index in [2.05, 4.69) is 4.40 Å². The molecule has 0 aromatic rings. The van der Waals surface area contributed by atoms with E-state index in [0.717, 1.165) is 19.3 Å². The Labute approximate surface area is 88.4 Å². The van der Waals surface area contributed by atoms with E-state index in [9.17, 15) is 4.21 Å². The van der Waals surface area contributed by atoms with Crippen molar-refractivity contribution in [2.45, 2.75) is 44.8 Å². The molecule has 0 saturated carbocycles. The number of alkyl halides is 1. The largest absolute Gasteiger partial charge is 0.234 e. The van der Waals surface area contributed by atoms with Gasteiger partial charge in [-0.2, -0.15) is 4.40 Å². The van der Waals surface area contributed by atoms with Crippen LogP contribution in [0.1, 0.15) is 40.0 Å². The number of unbranched alkanes of at least 4 members (excludes halogenated alkanes) is 2. The highest BCUT2D eigenvalue weighted by Gasteiger charge is 2.17. The quantitative estimate of drug-likeness (QED) is 0.400. The average Bonchev–Trinajstić information content (AvgIpc) is 2.02. The van der Waals surface area contributed by atoms with Crippen molar-refractivity contribution in [1.29, 1.82) is 0 Å². The highest BCUT2D eigenvalue weighted by atomic mass is 35.5. The summed E-state index contributed by atoms with van der Waals surface area (Å²) in [6, 6.07) is 0. The van der Waals surface area contributed by atoms with Crippen LogP contribution >= 0.6 is 11.6 Å². The highest BCUT2D eigenvalue weighted by Crippen LogP contribution is 2.11. The van der Waals surface area contributed by atoms with Crippen molar-refractivity contribution in [3.63, 3.8) is 0 Å². The third-order valence-electron chi connectivity index (χ3n) is 1.41. The maximum Gasteiger partial charge on any atom is 0.144 e. The molecule has 0 unspecified atom stereocenters. The van der Waals surface area contributed by atoms with Gasteiger partial charge in [-0.1, -0.05) is 0 Å². The predicted octanol–water partition coefficient (Wildman–Crippen LogP) is 2.93. The molecule has 0 spiro atoms. The third kappa shape index (κ3) is 7.20. The zero-order chi connectivity index (χ0) is 10.3. The van der Waals surface area contributed by atoms with Crippen molar-refractivity contribution in [1.82, 2.24) is 0 Å². The van der Waals surface area contributed by atoms with E-state index in [0.29, 0.717) is 5.88 Å². The molecule has 0 radical (unpaired) electrons. The van der Waals surface area contributed by atoms with E-state index < -0.39 is 11.0 Å². The lowest BCUT2D eigenvalue weighted by Gasteiger charge is -2.12. The van der Waals surface area contributed by atoms with Gasteiger partial charge >= 0.3 is 0 Å². The normalized spacial score (nSPS) is 15.1. The van der Waals surface area contributed by atoms with Crippen LogP contribution in [0.15, 0.2) is 4.40 Å². The smallest absolute Gasteiger partial charge is 0.144 e. The summed E-state index contributed by atoms with van der Waals surface area (Å²) in [4.78, 5) is 0. The molecule has 2 nitrogen and oxygen atoms in total. The molecule has 0 saturated heterocycles. The summed E-state index contributed by atoms with van der Waals surface area (Å²) in [7, 11) is -1.11. The second kappa shape index (κ2) is 6.55. The highest BCUT2D eigenvalue weighted by molar-refractivity contribution is 7.85. The first-order chi connectivity index (χ1) is 5.98. The van der Waals surface area contributed by atoms with Gasteiger partial charge in [0.25, 0.3) is 0 Å². The minimum absolute atomic E-state index is 0.247. The average molecular weight is 224 g/mol. The molecule has 1 atom stereocenters. The summed E-state index contributed by atoms with van der Waals surface area (Å²) >= 11 is 5.51. The summed E-state index contributed by atoms with van der Waals surface area (Å²) in [5.74, 6) is 0.691. The minimum Gasteiger partial charge on any atom is -0.234 e. The standard InChI is InChI=1S/C9H18ClNOS/c1-9(2,3)13(12)11-8-6-4-5-7-10/h8H,4-7H2,1-3H3/b11-8+/t13-/m0/s1. The Bertz CT molecular complexity index is 187. The van der Waals surface area contributed by atoms with Gasteiger partial charge in [-0.3, -0.25) is 0 Å². The molecule has 0 aliphatic heterocycles. The van der Waals surface area contributed by atoms with Crippen LogP contribution in [0.25, 0.3) is 0 Å². The number of halogens is 1. The van der Waals surface area contributed by atoms with Crippen LogP contribution in [-0.2, 0) is 11.0 Å².